The number of amides is 1. The lowest BCUT2D eigenvalue weighted by Gasteiger charge is -2.33. The number of rotatable bonds is 1. The number of benzene rings is 1. The molecule has 0 aromatic heterocycles. The van der Waals surface area contributed by atoms with Crippen molar-refractivity contribution in [3.63, 3.8) is 0 Å². The summed E-state index contributed by atoms with van der Waals surface area (Å²) in [6, 6.07) is 5.33. The molecule has 0 radical (unpaired) electrons. The number of ether oxygens (including phenoxy) is 1. The molecule has 2 rings (SSSR count). The first-order valence-corrected chi connectivity index (χ1v) is 5.34. The lowest BCUT2D eigenvalue weighted by atomic mass is 10.0. The molecular formula is C12H16N2O2. The maximum absolute atomic E-state index is 12.0. The van der Waals surface area contributed by atoms with Crippen molar-refractivity contribution < 1.29 is 9.53 Å². The fourth-order valence-electron chi connectivity index (χ4n) is 1.82. The zero-order valence-electron chi connectivity index (χ0n) is 9.73. The van der Waals surface area contributed by atoms with Gasteiger partial charge in [-0.15, -0.1) is 0 Å². The molecule has 1 unspecified atom stereocenters. The molecule has 0 bridgehead atoms. The number of nitrogens with zero attached hydrogens (tertiary/aromatic N) is 1. The van der Waals surface area contributed by atoms with Crippen LogP contribution in [0.2, 0.25) is 0 Å². The summed E-state index contributed by atoms with van der Waals surface area (Å²) >= 11 is 0. The van der Waals surface area contributed by atoms with Gasteiger partial charge in [0.25, 0.3) is 5.91 Å². The molecule has 0 saturated heterocycles. The Morgan fingerprint density at radius 3 is 2.75 bits per heavy atom. The molecule has 1 aromatic carbocycles. The van der Waals surface area contributed by atoms with Gasteiger partial charge in [-0.25, -0.2) is 0 Å². The minimum absolute atomic E-state index is 0.00716. The van der Waals surface area contributed by atoms with E-state index in [0.29, 0.717) is 11.4 Å². The number of hydrogen-bond donors (Lipinski definition) is 1. The summed E-state index contributed by atoms with van der Waals surface area (Å²) in [4.78, 5) is 13.6. The number of fused-ring (bicyclic) bond motifs is 1. The summed E-state index contributed by atoms with van der Waals surface area (Å²) < 4.78 is 5.69. The number of carbonyl (C=O) groups is 1. The SMILES string of the molecule is CC(C)C1Oc2cc(N)ccc2N(C)C1=O. The highest BCUT2D eigenvalue weighted by atomic mass is 16.5. The van der Waals surface area contributed by atoms with Crippen LogP contribution in [-0.4, -0.2) is 19.1 Å². The van der Waals surface area contributed by atoms with Gasteiger partial charge in [-0.05, 0) is 18.1 Å². The second-order valence-corrected chi connectivity index (χ2v) is 4.41. The molecule has 1 amide bonds. The zero-order valence-corrected chi connectivity index (χ0v) is 9.73. The van der Waals surface area contributed by atoms with E-state index in [1.807, 2.05) is 13.8 Å². The minimum Gasteiger partial charge on any atom is -0.478 e. The summed E-state index contributed by atoms with van der Waals surface area (Å²) in [6.07, 6.45) is -0.417. The average molecular weight is 220 g/mol. The summed E-state index contributed by atoms with van der Waals surface area (Å²) in [5.74, 6) is 0.817. The summed E-state index contributed by atoms with van der Waals surface area (Å²) in [6.45, 7) is 3.93. The molecule has 16 heavy (non-hydrogen) atoms. The van der Waals surface area contributed by atoms with Gasteiger partial charge in [0.05, 0.1) is 5.69 Å². The maximum Gasteiger partial charge on any atom is 0.268 e. The van der Waals surface area contributed by atoms with E-state index < -0.39 is 6.10 Å². The van der Waals surface area contributed by atoms with E-state index in [2.05, 4.69) is 0 Å². The quantitative estimate of drug-likeness (QED) is 0.732. The Morgan fingerprint density at radius 2 is 2.12 bits per heavy atom. The third kappa shape index (κ3) is 1.60. The van der Waals surface area contributed by atoms with Crippen LogP contribution in [0.1, 0.15) is 13.8 Å². The van der Waals surface area contributed by atoms with Gasteiger partial charge in [0.15, 0.2) is 6.10 Å². The highest BCUT2D eigenvalue weighted by Gasteiger charge is 2.34. The van der Waals surface area contributed by atoms with Crippen molar-refractivity contribution in [1.29, 1.82) is 0 Å². The lowest BCUT2D eigenvalue weighted by Crippen LogP contribution is -2.46. The molecule has 1 aliphatic heterocycles. The molecule has 1 aliphatic rings. The van der Waals surface area contributed by atoms with Crippen molar-refractivity contribution in [2.24, 2.45) is 5.92 Å². The predicted octanol–water partition coefficient (Wildman–Crippen LogP) is 1.65. The van der Waals surface area contributed by atoms with Gasteiger partial charge in [-0.2, -0.15) is 0 Å². The van der Waals surface area contributed by atoms with E-state index >= 15 is 0 Å². The third-order valence-corrected chi connectivity index (χ3v) is 2.78. The van der Waals surface area contributed by atoms with Gasteiger partial charge in [-0.1, -0.05) is 13.8 Å². The highest BCUT2D eigenvalue weighted by Crippen LogP contribution is 2.36. The number of carbonyl (C=O) groups excluding carboxylic acids is 1. The normalized spacial score (nSPS) is 19.6. The van der Waals surface area contributed by atoms with Crippen LogP contribution in [0.15, 0.2) is 18.2 Å². The summed E-state index contributed by atoms with van der Waals surface area (Å²) in [7, 11) is 1.76. The Hall–Kier alpha value is -1.71. The molecule has 0 fully saturated rings. The molecule has 2 N–H and O–H groups in total. The second kappa shape index (κ2) is 3.70. The fraction of sp³-hybridized carbons (Fsp3) is 0.417. The Kier molecular flexibility index (Phi) is 2.50. The van der Waals surface area contributed by atoms with Crippen LogP contribution < -0.4 is 15.4 Å². The van der Waals surface area contributed by atoms with Crippen molar-refractivity contribution in [2.75, 3.05) is 17.7 Å². The highest BCUT2D eigenvalue weighted by molar-refractivity contribution is 5.99. The largest absolute Gasteiger partial charge is 0.478 e. The van der Waals surface area contributed by atoms with E-state index in [-0.39, 0.29) is 11.8 Å². The van der Waals surface area contributed by atoms with Crippen LogP contribution in [0.4, 0.5) is 11.4 Å². The van der Waals surface area contributed by atoms with Crippen LogP contribution in [0.3, 0.4) is 0 Å². The van der Waals surface area contributed by atoms with Gasteiger partial charge in [-0.3, -0.25) is 4.79 Å². The van der Waals surface area contributed by atoms with Crippen molar-refractivity contribution in [3.8, 4) is 5.75 Å². The van der Waals surface area contributed by atoms with Gasteiger partial charge in [0.2, 0.25) is 0 Å². The molecule has 0 spiro atoms. The lowest BCUT2D eigenvalue weighted by molar-refractivity contribution is -0.127. The molecule has 4 heteroatoms. The second-order valence-electron chi connectivity index (χ2n) is 4.41. The topological polar surface area (TPSA) is 55.6 Å². The van der Waals surface area contributed by atoms with Gasteiger partial charge in [0, 0.05) is 18.8 Å². The van der Waals surface area contributed by atoms with Crippen LogP contribution in [0.5, 0.6) is 5.75 Å². The van der Waals surface area contributed by atoms with Crippen molar-refractivity contribution >= 4 is 17.3 Å². The molecule has 0 aliphatic carbocycles. The molecule has 1 heterocycles. The average Bonchev–Trinajstić information content (AvgIpc) is 2.22. The van der Waals surface area contributed by atoms with Gasteiger partial charge < -0.3 is 15.4 Å². The first-order chi connectivity index (χ1) is 7.50. The number of anilines is 2. The third-order valence-electron chi connectivity index (χ3n) is 2.78. The van der Waals surface area contributed by atoms with Crippen molar-refractivity contribution in [3.05, 3.63) is 18.2 Å². The monoisotopic (exact) mass is 220 g/mol. The Morgan fingerprint density at radius 1 is 1.44 bits per heavy atom. The van der Waals surface area contributed by atoms with E-state index in [4.69, 9.17) is 10.5 Å². The van der Waals surface area contributed by atoms with E-state index in [0.717, 1.165) is 5.69 Å². The van der Waals surface area contributed by atoms with E-state index in [9.17, 15) is 4.79 Å². The summed E-state index contributed by atoms with van der Waals surface area (Å²) in [5, 5.41) is 0. The smallest absolute Gasteiger partial charge is 0.268 e. The first kappa shape index (κ1) is 10.8. The zero-order chi connectivity index (χ0) is 11.9. The van der Waals surface area contributed by atoms with Gasteiger partial charge >= 0.3 is 0 Å². The molecular weight excluding hydrogens is 204 g/mol. The Bertz CT molecular complexity index is 429. The molecule has 1 aromatic rings. The fourth-order valence-corrected chi connectivity index (χ4v) is 1.82. The van der Waals surface area contributed by atoms with Crippen LogP contribution in [-0.2, 0) is 4.79 Å². The number of nitrogens with two attached hydrogens (primary N) is 1. The number of likely N-dealkylation sites (N-methyl/N-ethyl adjacent to an activating group) is 1. The first-order valence-electron chi connectivity index (χ1n) is 5.34. The number of nitrogen functional groups attached to an aromatic ring is 1. The minimum atomic E-state index is -0.417. The summed E-state index contributed by atoms with van der Waals surface area (Å²) in [5.41, 5.74) is 7.12. The number of hydrogen-bond acceptors (Lipinski definition) is 3. The van der Waals surface area contributed by atoms with Crippen molar-refractivity contribution in [2.45, 2.75) is 20.0 Å². The van der Waals surface area contributed by atoms with Crippen molar-refractivity contribution in [1.82, 2.24) is 0 Å². The molecule has 86 valence electrons. The van der Waals surface area contributed by atoms with E-state index in [1.165, 1.54) is 0 Å². The standard InChI is InChI=1S/C12H16N2O2/c1-7(2)11-12(15)14(3)9-5-4-8(13)6-10(9)16-11/h4-7,11H,13H2,1-3H3. The van der Waals surface area contributed by atoms with E-state index in [1.54, 1.807) is 30.1 Å². The molecule has 1 atom stereocenters. The van der Waals surface area contributed by atoms with Crippen LogP contribution in [0.25, 0.3) is 0 Å². The predicted molar refractivity (Wildman–Crippen MR) is 63.5 cm³/mol. The molecule has 0 saturated carbocycles. The molecule has 4 nitrogen and oxygen atoms in total. The van der Waals surface area contributed by atoms with Gasteiger partial charge in [0.1, 0.15) is 5.75 Å². The Labute approximate surface area is 95.0 Å². The van der Waals surface area contributed by atoms with Crippen LogP contribution in [0, 0.1) is 5.92 Å². The Balaban J connectivity index is 2.44. The van der Waals surface area contributed by atoms with Crippen LogP contribution >= 0.6 is 0 Å². The maximum atomic E-state index is 12.0.